The lowest BCUT2D eigenvalue weighted by atomic mass is 10.0. The minimum Gasteiger partial charge on any atom is -0.382 e. The van der Waals surface area contributed by atoms with E-state index in [-0.39, 0.29) is 5.56 Å². The lowest BCUT2D eigenvalue weighted by molar-refractivity contribution is -0.0147. The number of aromatic nitrogens is 1. The van der Waals surface area contributed by atoms with Crippen LogP contribution in [0.1, 0.15) is 30.5 Å². The number of hydrogen-bond acceptors (Lipinski definition) is 4. The molecule has 7 heteroatoms. The van der Waals surface area contributed by atoms with Gasteiger partial charge >= 0.3 is 0 Å². The van der Waals surface area contributed by atoms with E-state index in [1.165, 1.54) is 12.1 Å². The van der Waals surface area contributed by atoms with Gasteiger partial charge in [-0.25, -0.2) is 4.39 Å². The zero-order valence-corrected chi connectivity index (χ0v) is 18.3. The number of aliphatic hydroxyl groups is 1. The fraction of sp³-hybridized carbons (Fsp3) is 0.375. The molecule has 0 saturated carbocycles. The first-order chi connectivity index (χ1) is 14.9. The summed E-state index contributed by atoms with van der Waals surface area (Å²) >= 11 is 5.94. The molecule has 1 aromatic heterocycles. The number of anilines is 1. The molecule has 0 spiro atoms. The minimum atomic E-state index is -0.565. The molecule has 1 saturated heterocycles. The van der Waals surface area contributed by atoms with Crippen LogP contribution in [0.5, 0.6) is 0 Å². The maximum atomic E-state index is 13.6. The molecule has 31 heavy (non-hydrogen) atoms. The van der Waals surface area contributed by atoms with Crippen molar-refractivity contribution in [2.45, 2.75) is 44.9 Å². The number of piperidine rings is 1. The average molecular weight is 444 g/mol. The van der Waals surface area contributed by atoms with Crippen LogP contribution in [0.15, 0.2) is 47.3 Å². The minimum absolute atomic E-state index is 0.293. The number of halogens is 2. The number of pyridine rings is 1. The molecule has 0 radical (unpaired) electrons. The Kier molecular flexibility index (Phi) is 6.60. The Morgan fingerprint density at radius 3 is 2.61 bits per heavy atom. The Bertz CT molecular complexity index is 1110. The van der Waals surface area contributed by atoms with Gasteiger partial charge in [-0.05, 0) is 86.0 Å². The zero-order chi connectivity index (χ0) is 22.0. The van der Waals surface area contributed by atoms with E-state index in [0.717, 1.165) is 53.3 Å². The first-order valence-electron chi connectivity index (χ1n) is 10.7. The van der Waals surface area contributed by atoms with Gasteiger partial charge in [0.05, 0.1) is 5.39 Å². The summed E-state index contributed by atoms with van der Waals surface area (Å²) in [7, 11) is 0. The van der Waals surface area contributed by atoms with Gasteiger partial charge in [0.25, 0.3) is 5.56 Å². The molecule has 3 aromatic rings. The highest BCUT2D eigenvalue weighted by atomic mass is 35.5. The van der Waals surface area contributed by atoms with Crippen molar-refractivity contribution in [3.05, 3.63) is 74.9 Å². The molecule has 5 nitrogen and oxygen atoms in total. The molecule has 1 fully saturated rings. The van der Waals surface area contributed by atoms with Crippen LogP contribution in [0, 0.1) is 12.7 Å². The van der Waals surface area contributed by atoms with E-state index >= 15 is 0 Å². The first-order valence-corrected chi connectivity index (χ1v) is 11.0. The lowest BCUT2D eigenvalue weighted by Crippen LogP contribution is -2.44. The number of aryl methyl sites for hydroxylation is 2. The molecule has 1 atom stereocenters. The molecule has 0 aliphatic carbocycles. The number of aliphatic hydroxyl groups excluding tert-OH is 1. The molecule has 4 rings (SSSR count). The summed E-state index contributed by atoms with van der Waals surface area (Å²) in [6, 6.07) is 12.7. The van der Waals surface area contributed by atoms with Crippen molar-refractivity contribution in [2.24, 2.45) is 0 Å². The van der Waals surface area contributed by atoms with Crippen molar-refractivity contribution < 1.29 is 9.50 Å². The number of rotatable bonds is 6. The van der Waals surface area contributed by atoms with Crippen molar-refractivity contribution >= 4 is 28.1 Å². The molecular weight excluding hydrogens is 417 g/mol. The molecule has 2 heterocycles. The number of fused-ring (bicyclic) bond motifs is 1. The highest BCUT2D eigenvalue weighted by Crippen LogP contribution is 2.22. The number of nitrogens with zero attached hydrogens (tertiary/aromatic N) is 1. The first kappa shape index (κ1) is 21.8. The van der Waals surface area contributed by atoms with Crippen molar-refractivity contribution in [3.63, 3.8) is 0 Å². The van der Waals surface area contributed by atoms with Crippen molar-refractivity contribution in [1.29, 1.82) is 0 Å². The molecule has 164 valence electrons. The van der Waals surface area contributed by atoms with Crippen LogP contribution in [0.25, 0.3) is 10.8 Å². The number of aromatic amines is 1. The van der Waals surface area contributed by atoms with Crippen LogP contribution in [-0.4, -0.2) is 40.3 Å². The Morgan fingerprint density at radius 2 is 1.90 bits per heavy atom. The Balaban J connectivity index is 1.32. The highest BCUT2D eigenvalue weighted by Gasteiger charge is 2.23. The quantitative estimate of drug-likeness (QED) is 0.526. The normalized spacial score (nSPS) is 16.5. The number of nitrogens with one attached hydrogen (secondary N) is 2. The van der Waals surface area contributed by atoms with Crippen LogP contribution < -0.4 is 10.9 Å². The summed E-state index contributed by atoms with van der Waals surface area (Å²) in [4.78, 5) is 17.3. The van der Waals surface area contributed by atoms with Crippen LogP contribution in [0.3, 0.4) is 0 Å². The van der Waals surface area contributed by atoms with E-state index in [1.54, 1.807) is 6.92 Å². The van der Waals surface area contributed by atoms with E-state index in [4.69, 9.17) is 11.6 Å². The predicted octanol–water partition coefficient (Wildman–Crippen LogP) is 4.46. The maximum absolute atomic E-state index is 13.6. The predicted molar refractivity (Wildman–Crippen MR) is 123 cm³/mol. The van der Waals surface area contributed by atoms with Gasteiger partial charge < -0.3 is 15.4 Å². The van der Waals surface area contributed by atoms with Crippen molar-refractivity contribution in [1.82, 2.24) is 9.88 Å². The zero-order valence-electron chi connectivity index (χ0n) is 17.5. The van der Waals surface area contributed by atoms with E-state index < -0.39 is 12.0 Å². The number of hydrogen-bond donors (Lipinski definition) is 3. The molecule has 1 aliphatic rings. The SMILES string of the molecule is Cc1cc(F)cc2c(=O)[nH]c(CCC(O)N3CCC(Nc4ccc(Cl)cc4)CC3)cc12. The summed E-state index contributed by atoms with van der Waals surface area (Å²) in [5, 5.41) is 16.0. The Hall–Kier alpha value is -2.41. The van der Waals surface area contributed by atoms with E-state index in [0.29, 0.717) is 24.3 Å². The third-order valence-electron chi connectivity index (χ3n) is 6.03. The summed E-state index contributed by atoms with van der Waals surface area (Å²) in [6.07, 6.45) is 2.39. The molecule has 1 aliphatic heterocycles. The fourth-order valence-corrected chi connectivity index (χ4v) is 4.41. The van der Waals surface area contributed by atoms with Gasteiger partial charge in [-0.1, -0.05) is 11.6 Å². The van der Waals surface area contributed by atoms with Crippen molar-refractivity contribution in [2.75, 3.05) is 18.4 Å². The third kappa shape index (κ3) is 5.26. The summed E-state index contributed by atoms with van der Waals surface area (Å²) in [6.45, 7) is 3.41. The molecule has 3 N–H and O–H groups in total. The molecule has 0 bridgehead atoms. The fourth-order valence-electron chi connectivity index (χ4n) is 4.28. The van der Waals surface area contributed by atoms with Crippen LogP contribution in [0.2, 0.25) is 5.02 Å². The van der Waals surface area contributed by atoms with Gasteiger partial charge in [-0.2, -0.15) is 0 Å². The standard InChI is InChI=1S/C24H27ClFN3O2/c1-15-12-17(26)13-22-21(15)14-20(28-24(22)31)6-7-23(30)29-10-8-19(9-11-29)27-18-4-2-16(25)3-5-18/h2-5,12-14,19,23,27,30H,6-11H2,1H3,(H,28,31). The maximum Gasteiger partial charge on any atom is 0.256 e. The molecule has 1 unspecified atom stereocenters. The van der Waals surface area contributed by atoms with Gasteiger partial charge in [-0.15, -0.1) is 0 Å². The van der Waals surface area contributed by atoms with E-state index in [9.17, 15) is 14.3 Å². The Labute approximate surface area is 185 Å². The second-order valence-corrected chi connectivity index (χ2v) is 8.72. The topological polar surface area (TPSA) is 68.4 Å². The van der Waals surface area contributed by atoms with Crippen LogP contribution >= 0.6 is 11.6 Å². The molecular formula is C24H27ClFN3O2. The largest absolute Gasteiger partial charge is 0.382 e. The highest BCUT2D eigenvalue weighted by molar-refractivity contribution is 6.30. The average Bonchev–Trinajstić information content (AvgIpc) is 2.75. The van der Waals surface area contributed by atoms with E-state index in [1.807, 2.05) is 30.3 Å². The monoisotopic (exact) mass is 443 g/mol. The van der Waals surface area contributed by atoms with Crippen LogP contribution in [-0.2, 0) is 6.42 Å². The number of benzene rings is 2. The smallest absolute Gasteiger partial charge is 0.256 e. The van der Waals surface area contributed by atoms with Gasteiger partial charge in [0.2, 0.25) is 0 Å². The van der Waals surface area contributed by atoms with Gasteiger partial charge in [0.1, 0.15) is 12.0 Å². The van der Waals surface area contributed by atoms with Crippen molar-refractivity contribution in [3.8, 4) is 0 Å². The molecule has 0 amide bonds. The summed E-state index contributed by atoms with van der Waals surface area (Å²) in [5.74, 6) is -0.410. The number of H-pyrrole nitrogens is 1. The van der Waals surface area contributed by atoms with Gasteiger partial charge in [-0.3, -0.25) is 9.69 Å². The third-order valence-corrected chi connectivity index (χ3v) is 6.28. The summed E-state index contributed by atoms with van der Waals surface area (Å²) < 4.78 is 13.6. The van der Waals surface area contributed by atoms with Crippen LogP contribution in [0.4, 0.5) is 10.1 Å². The van der Waals surface area contributed by atoms with E-state index in [2.05, 4.69) is 15.2 Å². The molecule has 2 aromatic carbocycles. The second kappa shape index (κ2) is 9.39. The van der Waals surface area contributed by atoms with Gasteiger partial charge in [0.15, 0.2) is 0 Å². The second-order valence-electron chi connectivity index (χ2n) is 8.29. The number of likely N-dealkylation sites (tertiary alicyclic amines) is 1. The Morgan fingerprint density at radius 1 is 1.19 bits per heavy atom. The lowest BCUT2D eigenvalue weighted by Gasteiger charge is -2.35. The summed E-state index contributed by atoms with van der Waals surface area (Å²) in [5.41, 5.74) is 2.25. The van der Waals surface area contributed by atoms with Gasteiger partial charge in [0, 0.05) is 35.5 Å².